The monoisotopic (exact) mass is 358 g/mol. The second-order valence-corrected chi connectivity index (χ2v) is 6.24. The van der Waals surface area contributed by atoms with Crippen LogP contribution in [0.25, 0.3) is 17.0 Å². The number of carbonyl (C=O) groups is 1. The van der Waals surface area contributed by atoms with Crippen molar-refractivity contribution < 1.29 is 9.21 Å². The van der Waals surface area contributed by atoms with Crippen LogP contribution in [0.15, 0.2) is 71.7 Å². The van der Waals surface area contributed by atoms with Crippen molar-refractivity contribution in [2.75, 3.05) is 5.32 Å². The minimum Gasteiger partial charge on any atom is -0.444 e. The SMILES string of the molecule is Cc1ccccc1-n1ncc(C(=O)Nc2cccc(-c3cnco3)c2)c1C. The lowest BCUT2D eigenvalue weighted by Crippen LogP contribution is -2.13. The Labute approximate surface area is 156 Å². The summed E-state index contributed by atoms with van der Waals surface area (Å²) in [6.45, 7) is 3.91. The van der Waals surface area contributed by atoms with Crippen LogP contribution in [0.2, 0.25) is 0 Å². The van der Waals surface area contributed by atoms with Gasteiger partial charge in [0.2, 0.25) is 0 Å². The summed E-state index contributed by atoms with van der Waals surface area (Å²) in [6, 6.07) is 15.4. The van der Waals surface area contributed by atoms with Crippen LogP contribution in [0, 0.1) is 13.8 Å². The van der Waals surface area contributed by atoms with Crippen LogP contribution in [-0.2, 0) is 0 Å². The molecule has 0 aliphatic rings. The highest BCUT2D eigenvalue weighted by molar-refractivity contribution is 6.05. The lowest BCUT2D eigenvalue weighted by molar-refractivity contribution is 0.102. The van der Waals surface area contributed by atoms with Gasteiger partial charge in [-0.25, -0.2) is 9.67 Å². The van der Waals surface area contributed by atoms with Crippen molar-refractivity contribution in [3.63, 3.8) is 0 Å². The van der Waals surface area contributed by atoms with E-state index >= 15 is 0 Å². The Balaban J connectivity index is 1.60. The van der Waals surface area contributed by atoms with Crippen LogP contribution in [-0.4, -0.2) is 20.7 Å². The molecule has 6 nitrogen and oxygen atoms in total. The molecule has 0 bridgehead atoms. The second kappa shape index (κ2) is 6.92. The van der Waals surface area contributed by atoms with E-state index in [0.717, 1.165) is 22.5 Å². The molecule has 0 radical (unpaired) electrons. The Kier molecular flexibility index (Phi) is 4.30. The van der Waals surface area contributed by atoms with Crippen LogP contribution in [0.1, 0.15) is 21.6 Å². The number of aromatic nitrogens is 3. The molecule has 0 spiro atoms. The molecule has 0 saturated carbocycles. The number of hydrogen-bond donors (Lipinski definition) is 1. The highest BCUT2D eigenvalue weighted by Gasteiger charge is 2.16. The molecule has 1 amide bonds. The Hall–Kier alpha value is -3.67. The fourth-order valence-electron chi connectivity index (χ4n) is 2.98. The van der Waals surface area contributed by atoms with Gasteiger partial charge in [-0.2, -0.15) is 5.10 Å². The maximum atomic E-state index is 12.8. The van der Waals surface area contributed by atoms with E-state index in [4.69, 9.17) is 4.42 Å². The van der Waals surface area contributed by atoms with E-state index in [2.05, 4.69) is 15.4 Å². The number of oxazole rings is 1. The van der Waals surface area contributed by atoms with Gasteiger partial charge in [-0.15, -0.1) is 0 Å². The second-order valence-electron chi connectivity index (χ2n) is 6.24. The highest BCUT2D eigenvalue weighted by atomic mass is 16.3. The summed E-state index contributed by atoms with van der Waals surface area (Å²) in [5.74, 6) is 0.441. The molecular formula is C21H18N4O2. The summed E-state index contributed by atoms with van der Waals surface area (Å²) >= 11 is 0. The summed E-state index contributed by atoms with van der Waals surface area (Å²) in [4.78, 5) is 16.7. The lowest BCUT2D eigenvalue weighted by atomic mass is 10.1. The van der Waals surface area contributed by atoms with Crippen molar-refractivity contribution in [1.82, 2.24) is 14.8 Å². The van der Waals surface area contributed by atoms with Crippen LogP contribution in [0.5, 0.6) is 0 Å². The molecule has 0 fully saturated rings. The Morgan fingerprint density at radius 2 is 1.93 bits per heavy atom. The zero-order valence-corrected chi connectivity index (χ0v) is 15.0. The molecule has 0 saturated heterocycles. The van der Waals surface area contributed by atoms with E-state index in [1.807, 2.05) is 62.4 Å². The van der Waals surface area contributed by atoms with Gasteiger partial charge in [0.15, 0.2) is 12.2 Å². The maximum absolute atomic E-state index is 12.8. The van der Waals surface area contributed by atoms with Crippen LogP contribution in [0.3, 0.4) is 0 Å². The van der Waals surface area contributed by atoms with Crippen LogP contribution >= 0.6 is 0 Å². The average molecular weight is 358 g/mol. The van der Waals surface area contributed by atoms with E-state index in [0.29, 0.717) is 17.0 Å². The molecule has 6 heteroatoms. The summed E-state index contributed by atoms with van der Waals surface area (Å²) in [5, 5.41) is 7.33. The summed E-state index contributed by atoms with van der Waals surface area (Å²) in [5.41, 5.74) is 4.89. The number of amides is 1. The van der Waals surface area contributed by atoms with Gasteiger partial charge in [0, 0.05) is 11.3 Å². The molecule has 27 heavy (non-hydrogen) atoms. The number of aryl methyl sites for hydroxylation is 1. The molecule has 0 aliphatic carbocycles. The molecular weight excluding hydrogens is 340 g/mol. The predicted octanol–water partition coefficient (Wildman–Crippen LogP) is 4.40. The normalized spacial score (nSPS) is 10.7. The third-order valence-electron chi connectivity index (χ3n) is 4.44. The lowest BCUT2D eigenvalue weighted by Gasteiger charge is -2.09. The van der Waals surface area contributed by atoms with Gasteiger partial charge >= 0.3 is 0 Å². The van der Waals surface area contributed by atoms with Gasteiger partial charge in [0.05, 0.1) is 29.3 Å². The average Bonchev–Trinajstić information content (AvgIpc) is 3.32. The van der Waals surface area contributed by atoms with Gasteiger partial charge in [-0.1, -0.05) is 30.3 Å². The molecule has 1 N–H and O–H groups in total. The van der Waals surface area contributed by atoms with Crippen LogP contribution < -0.4 is 5.32 Å². The fraction of sp³-hybridized carbons (Fsp3) is 0.0952. The standard InChI is InChI=1S/C21H18N4O2/c1-14-6-3-4-9-19(14)25-15(2)18(11-23-25)21(26)24-17-8-5-7-16(10-17)20-12-22-13-27-20/h3-13H,1-2H3,(H,24,26). The summed E-state index contributed by atoms with van der Waals surface area (Å²) in [7, 11) is 0. The van der Waals surface area contributed by atoms with Gasteiger partial charge in [0.1, 0.15) is 0 Å². The Bertz CT molecular complexity index is 1100. The zero-order chi connectivity index (χ0) is 18.8. The van der Waals surface area contributed by atoms with E-state index in [1.165, 1.54) is 6.39 Å². The van der Waals surface area contributed by atoms with E-state index < -0.39 is 0 Å². The van der Waals surface area contributed by atoms with Crippen LogP contribution in [0.4, 0.5) is 5.69 Å². The number of nitrogens with zero attached hydrogens (tertiary/aromatic N) is 3. The predicted molar refractivity (Wildman–Crippen MR) is 103 cm³/mol. The van der Waals surface area contributed by atoms with Crippen molar-refractivity contribution >= 4 is 11.6 Å². The molecule has 0 unspecified atom stereocenters. The maximum Gasteiger partial charge on any atom is 0.259 e. The molecule has 0 aliphatic heterocycles. The van der Waals surface area contributed by atoms with Gasteiger partial charge < -0.3 is 9.73 Å². The Morgan fingerprint density at radius 1 is 1.07 bits per heavy atom. The van der Waals surface area contributed by atoms with Crippen molar-refractivity contribution in [3.8, 4) is 17.0 Å². The van der Waals surface area contributed by atoms with Crippen molar-refractivity contribution in [2.45, 2.75) is 13.8 Å². The first-order chi connectivity index (χ1) is 13.1. The van der Waals surface area contributed by atoms with E-state index in [1.54, 1.807) is 17.1 Å². The van der Waals surface area contributed by atoms with E-state index in [9.17, 15) is 4.79 Å². The van der Waals surface area contributed by atoms with Gasteiger partial charge in [0.25, 0.3) is 5.91 Å². The molecule has 2 heterocycles. The van der Waals surface area contributed by atoms with Gasteiger partial charge in [-0.3, -0.25) is 4.79 Å². The number of para-hydroxylation sites is 1. The Morgan fingerprint density at radius 3 is 2.70 bits per heavy atom. The highest BCUT2D eigenvalue weighted by Crippen LogP contribution is 2.23. The van der Waals surface area contributed by atoms with Crippen molar-refractivity contribution in [3.05, 3.63) is 84.1 Å². The molecule has 0 atom stereocenters. The minimum absolute atomic E-state index is 0.206. The number of carbonyl (C=O) groups excluding carboxylic acids is 1. The number of benzene rings is 2. The van der Waals surface area contributed by atoms with Gasteiger partial charge in [-0.05, 0) is 37.6 Å². The number of anilines is 1. The fourth-order valence-corrected chi connectivity index (χ4v) is 2.98. The van der Waals surface area contributed by atoms with Crippen molar-refractivity contribution in [1.29, 1.82) is 0 Å². The summed E-state index contributed by atoms with van der Waals surface area (Å²) in [6.07, 6.45) is 4.61. The molecule has 2 aromatic heterocycles. The number of hydrogen-bond acceptors (Lipinski definition) is 4. The molecule has 2 aromatic carbocycles. The smallest absolute Gasteiger partial charge is 0.259 e. The first-order valence-corrected chi connectivity index (χ1v) is 8.54. The zero-order valence-electron chi connectivity index (χ0n) is 15.0. The first-order valence-electron chi connectivity index (χ1n) is 8.54. The summed E-state index contributed by atoms with van der Waals surface area (Å²) < 4.78 is 7.10. The molecule has 4 rings (SSSR count). The quantitative estimate of drug-likeness (QED) is 0.587. The topological polar surface area (TPSA) is 73.0 Å². The number of nitrogens with one attached hydrogen (secondary N) is 1. The minimum atomic E-state index is -0.206. The van der Waals surface area contributed by atoms with Crippen molar-refractivity contribution in [2.24, 2.45) is 0 Å². The molecule has 134 valence electrons. The largest absolute Gasteiger partial charge is 0.444 e. The van der Waals surface area contributed by atoms with E-state index in [-0.39, 0.29) is 5.91 Å². The molecule has 4 aromatic rings. The third-order valence-corrected chi connectivity index (χ3v) is 4.44. The first kappa shape index (κ1) is 16.8. The third kappa shape index (κ3) is 3.25. The number of rotatable bonds is 4.